The lowest BCUT2D eigenvalue weighted by Gasteiger charge is -2.21. The largest absolute Gasteiger partial charge is 0.372 e. The number of amides is 1. The van der Waals surface area contributed by atoms with Gasteiger partial charge in [-0.15, -0.1) is 0 Å². The van der Waals surface area contributed by atoms with Crippen LogP contribution in [0.25, 0.3) is 0 Å². The van der Waals surface area contributed by atoms with Crippen molar-refractivity contribution in [3.8, 4) is 0 Å². The smallest absolute Gasteiger partial charge is 0.278 e. The third-order valence-electron chi connectivity index (χ3n) is 4.21. The van der Waals surface area contributed by atoms with Crippen LogP contribution in [0.5, 0.6) is 0 Å². The fourth-order valence-electron chi connectivity index (χ4n) is 2.70. The third-order valence-corrected chi connectivity index (χ3v) is 4.54. The number of Topliss-reactive ketones (excluding diaryl/α,β-unsaturated/α-hetero) is 1. The van der Waals surface area contributed by atoms with Crippen LogP contribution in [0.1, 0.15) is 26.3 Å². The first-order valence-electron chi connectivity index (χ1n) is 8.88. The molecule has 0 atom stereocenters. The first kappa shape index (κ1) is 20.6. The van der Waals surface area contributed by atoms with Crippen LogP contribution in [0.2, 0.25) is 5.02 Å². The molecule has 0 radical (unpaired) electrons. The van der Waals surface area contributed by atoms with E-state index in [4.69, 9.17) is 11.6 Å². The summed E-state index contributed by atoms with van der Waals surface area (Å²) in [7, 11) is 0. The molecule has 0 fully saturated rings. The Morgan fingerprint density at radius 1 is 1.11 bits per heavy atom. The summed E-state index contributed by atoms with van der Waals surface area (Å²) in [5.41, 5.74) is 2.84. The lowest BCUT2D eigenvalue weighted by Crippen LogP contribution is -2.28. The number of nitrogens with zero attached hydrogens (tertiary/aromatic N) is 2. The number of nitrogens with one attached hydrogen (secondary N) is 1. The van der Waals surface area contributed by atoms with Crippen molar-refractivity contribution in [3.05, 3.63) is 53.1 Å². The van der Waals surface area contributed by atoms with Crippen LogP contribution in [-0.2, 0) is 9.59 Å². The molecule has 0 bridgehead atoms. The highest BCUT2D eigenvalue weighted by Crippen LogP contribution is 2.26. The second-order valence-electron chi connectivity index (χ2n) is 6.09. The van der Waals surface area contributed by atoms with Crippen LogP contribution in [0, 0.1) is 6.92 Å². The van der Waals surface area contributed by atoms with Gasteiger partial charge >= 0.3 is 0 Å². The highest BCUT2D eigenvalue weighted by atomic mass is 35.5. The van der Waals surface area contributed by atoms with Crippen molar-refractivity contribution in [3.63, 3.8) is 0 Å². The van der Waals surface area contributed by atoms with Crippen molar-refractivity contribution in [2.75, 3.05) is 23.3 Å². The Morgan fingerprint density at radius 3 is 2.33 bits per heavy atom. The van der Waals surface area contributed by atoms with Crippen molar-refractivity contribution in [2.45, 2.75) is 27.7 Å². The summed E-state index contributed by atoms with van der Waals surface area (Å²) in [6, 6.07) is 12.6. The molecule has 2 aromatic rings. The Kier molecular flexibility index (Phi) is 7.13. The van der Waals surface area contributed by atoms with Crippen molar-refractivity contribution in [1.29, 1.82) is 0 Å². The lowest BCUT2D eigenvalue weighted by atomic mass is 10.1. The molecule has 0 saturated carbocycles. The minimum atomic E-state index is -0.581. The number of aryl methyl sites for hydroxylation is 1. The van der Waals surface area contributed by atoms with Crippen molar-refractivity contribution in [2.24, 2.45) is 4.99 Å². The molecule has 2 rings (SSSR count). The minimum Gasteiger partial charge on any atom is -0.372 e. The van der Waals surface area contributed by atoms with E-state index in [-0.39, 0.29) is 5.71 Å². The summed E-state index contributed by atoms with van der Waals surface area (Å²) in [6.07, 6.45) is 0. The van der Waals surface area contributed by atoms with Gasteiger partial charge in [-0.2, -0.15) is 0 Å². The SMILES string of the molecule is CCN(CC)c1ccc(N=C(C(C)=O)C(=O)Nc2ccccc2Cl)c(C)c1. The topological polar surface area (TPSA) is 61.8 Å². The summed E-state index contributed by atoms with van der Waals surface area (Å²) < 4.78 is 0. The maximum atomic E-state index is 12.6. The van der Waals surface area contributed by atoms with E-state index in [0.29, 0.717) is 16.4 Å². The molecule has 0 spiro atoms. The molecule has 0 heterocycles. The Bertz CT molecular complexity index is 873. The number of carbonyl (C=O) groups excluding carboxylic acids is 2. The average molecular weight is 386 g/mol. The molecule has 0 unspecified atom stereocenters. The number of hydrogen-bond acceptors (Lipinski definition) is 4. The molecular weight excluding hydrogens is 362 g/mol. The quantitative estimate of drug-likeness (QED) is 0.550. The van der Waals surface area contributed by atoms with E-state index in [2.05, 4.69) is 29.1 Å². The molecule has 1 N–H and O–H groups in total. The Labute approximate surface area is 165 Å². The van der Waals surface area contributed by atoms with E-state index in [1.54, 1.807) is 24.3 Å². The van der Waals surface area contributed by atoms with E-state index < -0.39 is 11.7 Å². The first-order valence-corrected chi connectivity index (χ1v) is 9.26. The third kappa shape index (κ3) is 5.17. The number of para-hydroxylation sites is 1. The highest BCUT2D eigenvalue weighted by molar-refractivity contribution is 6.67. The maximum Gasteiger partial charge on any atom is 0.278 e. The summed E-state index contributed by atoms with van der Waals surface area (Å²) in [5, 5.41) is 3.05. The molecule has 0 aliphatic carbocycles. The van der Waals surface area contributed by atoms with Crippen LogP contribution in [0.4, 0.5) is 17.1 Å². The van der Waals surface area contributed by atoms with Gasteiger partial charge in [-0.25, -0.2) is 4.99 Å². The zero-order chi connectivity index (χ0) is 20.0. The Hall–Kier alpha value is -2.66. The zero-order valence-corrected chi connectivity index (χ0v) is 16.8. The van der Waals surface area contributed by atoms with Gasteiger partial charge in [-0.1, -0.05) is 23.7 Å². The van der Waals surface area contributed by atoms with Gasteiger partial charge in [0.15, 0.2) is 11.5 Å². The predicted molar refractivity (Wildman–Crippen MR) is 113 cm³/mol. The highest BCUT2D eigenvalue weighted by Gasteiger charge is 2.18. The van der Waals surface area contributed by atoms with Gasteiger partial charge in [0, 0.05) is 25.7 Å². The Balaban J connectivity index is 2.33. The number of aliphatic imine (C=N–C) groups is 1. The zero-order valence-electron chi connectivity index (χ0n) is 16.0. The number of hydrogen-bond donors (Lipinski definition) is 1. The number of anilines is 2. The molecule has 142 valence electrons. The second-order valence-corrected chi connectivity index (χ2v) is 6.50. The first-order chi connectivity index (χ1) is 12.9. The van der Waals surface area contributed by atoms with Crippen LogP contribution in [-0.4, -0.2) is 30.5 Å². The van der Waals surface area contributed by atoms with E-state index >= 15 is 0 Å². The van der Waals surface area contributed by atoms with Gasteiger partial charge in [0.25, 0.3) is 5.91 Å². The molecule has 1 amide bonds. The van der Waals surface area contributed by atoms with E-state index in [0.717, 1.165) is 24.3 Å². The van der Waals surface area contributed by atoms with Gasteiger partial charge in [-0.05, 0) is 56.7 Å². The van der Waals surface area contributed by atoms with Gasteiger partial charge < -0.3 is 10.2 Å². The lowest BCUT2D eigenvalue weighted by molar-refractivity contribution is -0.114. The van der Waals surface area contributed by atoms with Crippen LogP contribution < -0.4 is 10.2 Å². The summed E-state index contributed by atoms with van der Waals surface area (Å²) in [4.78, 5) is 31.1. The number of benzene rings is 2. The van der Waals surface area contributed by atoms with E-state index in [9.17, 15) is 9.59 Å². The monoisotopic (exact) mass is 385 g/mol. The van der Waals surface area contributed by atoms with E-state index in [1.807, 2.05) is 25.1 Å². The normalized spacial score (nSPS) is 11.2. The Morgan fingerprint density at radius 2 is 1.78 bits per heavy atom. The number of ketones is 1. The van der Waals surface area contributed by atoms with Gasteiger partial charge in [0.05, 0.1) is 16.4 Å². The van der Waals surface area contributed by atoms with Crippen molar-refractivity contribution in [1.82, 2.24) is 0 Å². The second kappa shape index (κ2) is 9.33. The number of carbonyl (C=O) groups is 2. The molecule has 0 saturated heterocycles. The molecular formula is C21H24ClN3O2. The molecule has 0 aliphatic heterocycles. The molecule has 0 aromatic heterocycles. The molecule has 0 aliphatic rings. The fraction of sp³-hybridized carbons (Fsp3) is 0.286. The molecule has 27 heavy (non-hydrogen) atoms. The predicted octanol–water partition coefficient (Wildman–Crippen LogP) is 4.79. The standard InChI is InChI=1S/C21H24ClN3O2/c1-5-25(6-2)16-11-12-18(14(3)13-16)23-20(15(4)26)21(27)24-19-10-8-7-9-17(19)22/h7-13H,5-6H2,1-4H3,(H,24,27). The van der Waals surface area contributed by atoms with Crippen molar-refractivity contribution >= 4 is 46.1 Å². The fourth-order valence-corrected chi connectivity index (χ4v) is 2.89. The van der Waals surface area contributed by atoms with Crippen LogP contribution in [0.15, 0.2) is 47.5 Å². The molecule has 2 aromatic carbocycles. The minimum absolute atomic E-state index is 0.159. The molecule has 6 heteroatoms. The van der Waals surface area contributed by atoms with Crippen LogP contribution in [0.3, 0.4) is 0 Å². The van der Waals surface area contributed by atoms with Gasteiger partial charge in [0.2, 0.25) is 0 Å². The van der Waals surface area contributed by atoms with Crippen LogP contribution >= 0.6 is 11.6 Å². The summed E-state index contributed by atoms with van der Waals surface area (Å²) in [6.45, 7) is 9.23. The summed E-state index contributed by atoms with van der Waals surface area (Å²) >= 11 is 6.07. The van der Waals surface area contributed by atoms with Crippen molar-refractivity contribution < 1.29 is 9.59 Å². The number of halogens is 1. The van der Waals surface area contributed by atoms with Gasteiger partial charge in [-0.3, -0.25) is 9.59 Å². The van der Waals surface area contributed by atoms with E-state index in [1.165, 1.54) is 6.92 Å². The number of rotatable bonds is 7. The maximum absolute atomic E-state index is 12.6. The average Bonchev–Trinajstić information content (AvgIpc) is 2.63. The summed E-state index contributed by atoms with van der Waals surface area (Å²) in [5.74, 6) is -0.991. The molecule has 5 nitrogen and oxygen atoms in total. The van der Waals surface area contributed by atoms with Gasteiger partial charge in [0.1, 0.15) is 0 Å².